The molecule has 84 valence electrons. The number of aromatic nitrogens is 4. The van der Waals surface area contributed by atoms with E-state index in [0.717, 1.165) is 11.4 Å². The van der Waals surface area contributed by atoms with E-state index in [2.05, 4.69) is 10.2 Å². The Balaban J connectivity index is 1.84. The van der Waals surface area contributed by atoms with E-state index in [9.17, 15) is 0 Å². The van der Waals surface area contributed by atoms with E-state index in [1.54, 1.807) is 6.20 Å². The average Bonchev–Trinajstić information content (AvgIpc) is 3.02. The van der Waals surface area contributed by atoms with E-state index in [4.69, 9.17) is 0 Å². The van der Waals surface area contributed by atoms with Crippen molar-refractivity contribution in [2.45, 2.75) is 6.54 Å². The van der Waals surface area contributed by atoms with Crippen molar-refractivity contribution >= 4 is 0 Å². The molecule has 1 aromatic carbocycles. The Morgan fingerprint density at radius 3 is 2.59 bits per heavy atom. The van der Waals surface area contributed by atoms with E-state index in [-0.39, 0.29) is 0 Å². The van der Waals surface area contributed by atoms with Crippen LogP contribution in [0.2, 0.25) is 0 Å². The first kappa shape index (κ1) is 9.84. The third-order valence-electron chi connectivity index (χ3n) is 2.55. The van der Waals surface area contributed by atoms with Crippen molar-refractivity contribution in [3.8, 4) is 5.69 Å². The van der Waals surface area contributed by atoms with Crippen LogP contribution in [0.1, 0.15) is 5.69 Å². The Labute approximate surface area is 99.1 Å². The summed E-state index contributed by atoms with van der Waals surface area (Å²) in [5.74, 6) is 0. The topological polar surface area (TPSA) is 35.6 Å². The first-order valence-corrected chi connectivity index (χ1v) is 5.49. The van der Waals surface area contributed by atoms with Gasteiger partial charge in [0, 0.05) is 18.6 Å². The van der Waals surface area contributed by atoms with Gasteiger partial charge in [0.15, 0.2) is 0 Å². The van der Waals surface area contributed by atoms with Crippen molar-refractivity contribution < 1.29 is 0 Å². The van der Waals surface area contributed by atoms with Gasteiger partial charge >= 0.3 is 0 Å². The molecule has 3 rings (SSSR count). The summed E-state index contributed by atoms with van der Waals surface area (Å²) in [4.78, 5) is 0. The number of hydrogen-bond donors (Lipinski definition) is 0. The second-order valence-corrected chi connectivity index (χ2v) is 3.79. The Bertz CT molecular complexity index is 581. The highest BCUT2D eigenvalue weighted by Gasteiger charge is 2.01. The quantitative estimate of drug-likeness (QED) is 0.683. The summed E-state index contributed by atoms with van der Waals surface area (Å²) in [7, 11) is 0. The maximum absolute atomic E-state index is 4.51. The van der Waals surface area contributed by atoms with Gasteiger partial charge in [-0.25, -0.2) is 4.68 Å². The minimum absolute atomic E-state index is 0.701. The van der Waals surface area contributed by atoms with E-state index < -0.39 is 0 Å². The van der Waals surface area contributed by atoms with Crippen molar-refractivity contribution in [1.82, 2.24) is 19.6 Å². The number of nitrogens with zero attached hydrogens (tertiary/aromatic N) is 4. The van der Waals surface area contributed by atoms with Crippen LogP contribution in [-0.4, -0.2) is 19.6 Å². The van der Waals surface area contributed by atoms with Gasteiger partial charge in [-0.15, -0.1) is 0 Å². The predicted octanol–water partition coefficient (Wildman–Crippen LogP) is 2.12. The second kappa shape index (κ2) is 4.25. The summed E-state index contributed by atoms with van der Waals surface area (Å²) < 4.78 is 3.73. The summed E-state index contributed by atoms with van der Waals surface area (Å²) >= 11 is 0. The minimum atomic E-state index is 0.701. The molecule has 0 saturated carbocycles. The molecule has 2 aromatic heterocycles. The normalized spacial score (nSPS) is 10.6. The molecule has 0 N–H and O–H groups in total. The van der Waals surface area contributed by atoms with Crippen LogP contribution in [-0.2, 0) is 6.54 Å². The molecule has 0 aliphatic rings. The molecule has 2 heterocycles. The third-order valence-corrected chi connectivity index (χ3v) is 2.55. The fourth-order valence-electron chi connectivity index (χ4n) is 1.73. The van der Waals surface area contributed by atoms with Crippen molar-refractivity contribution in [1.29, 1.82) is 0 Å². The first-order chi connectivity index (χ1) is 8.42. The SMILES string of the molecule is c1ccc(-n2ccc(Cn3cccn3)n2)cc1. The molecule has 4 nitrogen and oxygen atoms in total. The zero-order valence-corrected chi connectivity index (χ0v) is 9.27. The highest BCUT2D eigenvalue weighted by molar-refractivity contribution is 5.30. The van der Waals surface area contributed by atoms with Crippen LogP contribution in [0.15, 0.2) is 61.1 Å². The molecule has 0 unspecified atom stereocenters. The Morgan fingerprint density at radius 1 is 0.941 bits per heavy atom. The van der Waals surface area contributed by atoms with Crippen LogP contribution in [0.25, 0.3) is 5.69 Å². The fraction of sp³-hybridized carbons (Fsp3) is 0.0769. The number of rotatable bonds is 3. The van der Waals surface area contributed by atoms with Gasteiger partial charge in [-0.05, 0) is 24.3 Å². The highest BCUT2D eigenvalue weighted by atomic mass is 15.3. The predicted molar refractivity (Wildman–Crippen MR) is 64.9 cm³/mol. The number of hydrogen-bond acceptors (Lipinski definition) is 2. The van der Waals surface area contributed by atoms with Gasteiger partial charge in [0.05, 0.1) is 17.9 Å². The van der Waals surface area contributed by atoms with E-state index >= 15 is 0 Å². The molecule has 0 spiro atoms. The van der Waals surface area contributed by atoms with Gasteiger partial charge in [-0.2, -0.15) is 10.2 Å². The fourth-order valence-corrected chi connectivity index (χ4v) is 1.73. The lowest BCUT2D eigenvalue weighted by Crippen LogP contribution is -2.02. The second-order valence-electron chi connectivity index (χ2n) is 3.79. The Hall–Kier alpha value is -2.36. The van der Waals surface area contributed by atoms with E-state index in [0.29, 0.717) is 6.54 Å². The maximum Gasteiger partial charge on any atom is 0.0849 e. The number of benzene rings is 1. The lowest BCUT2D eigenvalue weighted by Gasteiger charge is -2.00. The smallest absolute Gasteiger partial charge is 0.0849 e. The Morgan fingerprint density at radius 2 is 1.82 bits per heavy atom. The molecule has 0 radical (unpaired) electrons. The molecule has 0 saturated heterocycles. The molecule has 4 heteroatoms. The van der Waals surface area contributed by atoms with Gasteiger partial charge in [0.2, 0.25) is 0 Å². The van der Waals surface area contributed by atoms with Crippen molar-refractivity contribution in [3.63, 3.8) is 0 Å². The maximum atomic E-state index is 4.51. The van der Waals surface area contributed by atoms with Gasteiger partial charge in [0.25, 0.3) is 0 Å². The van der Waals surface area contributed by atoms with E-state index in [1.165, 1.54) is 0 Å². The van der Waals surface area contributed by atoms with Crippen LogP contribution in [0.5, 0.6) is 0 Å². The molecule has 0 fully saturated rings. The van der Waals surface area contributed by atoms with Crippen LogP contribution in [0.3, 0.4) is 0 Å². The van der Waals surface area contributed by atoms with Gasteiger partial charge in [0.1, 0.15) is 0 Å². The van der Waals surface area contributed by atoms with Crippen LogP contribution in [0.4, 0.5) is 0 Å². The molecule has 3 aromatic rings. The van der Waals surface area contributed by atoms with Crippen molar-refractivity contribution in [3.05, 3.63) is 66.7 Å². The zero-order chi connectivity index (χ0) is 11.5. The van der Waals surface area contributed by atoms with E-state index in [1.807, 2.05) is 64.2 Å². The Kier molecular flexibility index (Phi) is 2.46. The molecule has 0 aliphatic carbocycles. The summed E-state index contributed by atoms with van der Waals surface area (Å²) in [5, 5.41) is 8.67. The first-order valence-electron chi connectivity index (χ1n) is 5.49. The third kappa shape index (κ3) is 2.10. The molecule has 0 amide bonds. The number of para-hydroxylation sites is 1. The molecule has 0 atom stereocenters. The standard InChI is InChI=1S/C13H12N4/c1-2-5-13(6-3-1)17-10-7-12(15-17)11-16-9-4-8-14-16/h1-10H,11H2. The van der Waals surface area contributed by atoms with Crippen LogP contribution in [0, 0.1) is 0 Å². The molecule has 0 aliphatic heterocycles. The van der Waals surface area contributed by atoms with Crippen LogP contribution < -0.4 is 0 Å². The summed E-state index contributed by atoms with van der Waals surface area (Å²) in [6.45, 7) is 0.701. The molecular formula is C13H12N4. The van der Waals surface area contributed by atoms with Crippen molar-refractivity contribution in [2.24, 2.45) is 0 Å². The lowest BCUT2D eigenvalue weighted by molar-refractivity contribution is 0.662. The van der Waals surface area contributed by atoms with Gasteiger partial charge in [-0.1, -0.05) is 18.2 Å². The monoisotopic (exact) mass is 224 g/mol. The highest BCUT2D eigenvalue weighted by Crippen LogP contribution is 2.07. The summed E-state index contributed by atoms with van der Waals surface area (Å²) in [6.07, 6.45) is 5.67. The minimum Gasteiger partial charge on any atom is -0.267 e. The molecule has 0 bridgehead atoms. The summed E-state index contributed by atoms with van der Waals surface area (Å²) in [6, 6.07) is 14.0. The molecular weight excluding hydrogens is 212 g/mol. The largest absolute Gasteiger partial charge is 0.267 e. The van der Waals surface area contributed by atoms with Crippen LogP contribution >= 0.6 is 0 Å². The average molecular weight is 224 g/mol. The molecule has 17 heavy (non-hydrogen) atoms. The van der Waals surface area contributed by atoms with Crippen molar-refractivity contribution in [2.75, 3.05) is 0 Å². The summed E-state index contributed by atoms with van der Waals surface area (Å²) in [5.41, 5.74) is 2.07. The van der Waals surface area contributed by atoms with Gasteiger partial charge < -0.3 is 0 Å². The van der Waals surface area contributed by atoms with Gasteiger partial charge in [-0.3, -0.25) is 4.68 Å². The zero-order valence-electron chi connectivity index (χ0n) is 9.27. The lowest BCUT2D eigenvalue weighted by atomic mass is 10.3.